The topological polar surface area (TPSA) is 89.7 Å². The molecule has 0 saturated carbocycles. The summed E-state index contributed by atoms with van der Waals surface area (Å²) in [5.74, 6) is -1.83. The van der Waals surface area contributed by atoms with Gasteiger partial charge in [-0.1, -0.05) is 15.9 Å². The van der Waals surface area contributed by atoms with Crippen LogP contribution in [0.5, 0.6) is 0 Å². The van der Waals surface area contributed by atoms with Gasteiger partial charge in [-0.15, -0.1) is 0 Å². The Morgan fingerprint density at radius 3 is 2.70 bits per heavy atom. The number of amides is 2. The quantitative estimate of drug-likeness (QED) is 0.833. The van der Waals surface area contributed by atoms with Crippen LogP contribution in [0.1, 0.15) is 16.8 Å². The number of hydrogen-bond donors (Lipinski definition) is 1. The van der Waals surface area contributed by atoms with Crippen molar-refractivity contribution in [2.75, 3.05) is 18.6 Å². The van der Waals surface area contributed by atoms with Gasteiger partial charge in [0.05, 0.1) is 24.3 Å². The molecule has 1 heterocycles. The Hall–Kier alpha value is -1.89. The predicted molar refractivity (Wildman–Crippen MR) is 75.1 cm³/mol. The lowest BCUT2D eigenvalue weighted by Gasteiger charge is -2.19. The molecule has 20 heavy (non-hydrogen) atoms. The lowest BCUT2D eigenvalue weighted by Crippen LogP contribution is -2.29. The van der Waals surface area contributed by atoms with E-state index < -0.39 is 17.8 Å². The maximum Gasteiger partial charge on any atom is 0.340 e. The number of nitrogens with zero attached hydrogens (tertiary/aromatic N) is 1. The molecule has 1 aliphatic heterocycles. The van der Waals surface area contributed by atoms with Crippen molar-refractivity contribution >= 4 is 39.4 Å². The summed E-state index contributed by atoms with van der Waals surface area (Å²) in [6.45, 7) is 0.180. The highest BCUT2D eigenvalue weighted by atomic mass is 79.9. The van der Waals surface area contributed by atoms with Crippen molar-refractivity contribution in [1.29, 1.82) is 0 Å². The van der Waals surface area contributed by atoms with E-state index in [0.717, 1.165) is 0 Å². The Kier molecular flexibility index (Phi) is 4.08. The Morgan fingerprint density at radius 1 is 1.45 bits per heavy atom. The highest BCUT2D eigenvalue weighted by Gasteiger charge is 2.35. The van der Waals surface area contributed by atoms with Gasteiger partial charge in [0.1, 0.15) is 0 Å². The molecule has 2 N–H and O–H groups in total. The number of ether oxygens (including phenoxy) is 1. The summed E-state index contributed by atoms with van der Waals surface area (Å²) in [4.78, 5) is 36.4. The number of carbonyl (C=O) groups excluding carboxylic acids is 3. The maximum absolute atomic E-state index is 12.0. The standard InChI is InChI=1S/C13H13BrN2O4/c1-20-13(19)9-5-8(14)2-3-10(9)16-6-7(12(15)18)4-11(16)17/h2-3,5,7H,4,6H2,1H3,(H2,15,18). The van der Waals surface area contributed by atoms with Gasteiger partial charge in [0.15, 0.2) is 0 Å². The van der Waals surface area contributed by atoms with Crippen LogP contribution in [0.3, 0.4) is 0 Å². The van der Waals surface area contributed by atoms with E-state index in [4.69, 9.17) is 10.5 Å². The van der Waals surface area contributed by atoms with Crippen LogP contribution in [-0.2, 0) is 14.3 Å². The van der Waals surface area contributed by atoms with Crippen molar-refractivity contribution in [1.82, 2.24) is 0 Å². The second-order valence-corrected chi connectivity index (χ2v) is 5.38. The Balaban J connectivity index is 2.40. The number of benzene rings is 1. The van der Waals surface area contributed by atoms with Crippen LogP contribution in [0.4, 0.5) is 5.69 Å². The van der Waals surface area contributed by atoms with E-state index in [1.807, 2.05) is 0 Å². The predicted octanol–water partition coefficient (Wildman–Crippen LogP) is 1.07. The van der Waals surface area contributed by atoms with E-state index >= 15 is 0 Å². The average molecular weight is 341 g/mol. The van der Waals surface area contributed by atoms with Gasteiger partial charge in [0.2, 0.25) is 11.8 Å². The van der Waals surface area contributed by atoms with Gasteiger partial charge >= 0.3 is 5.97 Å². The monoisotopic (exact) mass is 340 g/mol. The number of anilines is 1. The summed E-state index contributed by atoms with van der Waals surface area (Å²) in [5, 5.41) is 0. The van der Waals surface area contributed by atoms with Crippen molar-refractivity contribution in [2.45, 2.75) is 6.42 Å². The minimum Gasteiger partial charge on any atom is -0.465 e. The Bertz CT molecular complexity index is 588. The summed E-state index contributed by atoms with van der Waals surface area (Å²) in [7, 11) is 1.27. The molecule has 1 aromatic carbocycles. The first-order chi connectivity index (χ1) is 9.43. The molecule has 0 bridgehead atoms. The van der Waals surface area contributed by atoms with E-state index in [0.29, 0.717) is 10.2 Å². The SMILES string of the molecule is COC(=O)c1cc(Br)ccc1N1CC(C(N)=O)CC1=O. The first-order valence-corrected chi connectivity index (χ1v) is 6.71. The molecule has 1 aliphatic rings. The second-order valence-electron chi connectivity index (χ2n) is 4.46. The van der Waals surface area contributed by atoms with Crippen molar-refractivity contribution < 1.29 is 19.1 Å². The van der Waals surface area contributed by atoms with Crippen LogP contribution in [0.25, 0.3) is 0 Å². The average Bonchev–Trinajstić information content (AvgIpc) is 2.80. The zero-order valence-corrected chi connectivity index (χ0v) is 12.3. The highest BCUT2D eigenvalue weighted by Crippen LogP contribution is 2.30. The molecule has 1 saturated heterocycles. The molecule has 1 fully saturated rings. The molecule has 7 heteroatoms. The number of esters is 1. The first kappa shape index (κ1) is 14.5. The molecule has 2 rings (SSSR count). The molecule has 6 nitrogen and oxygen atoms in total. The number of halogens is 1. The third kappa shape index (κ3) is 2.67. The summed E-state index contributed by atoms with van der Waals surface area (Å²) >= 11 is 3.27. The van der Waals surface area contributed by atoms with E-state index in [1.165, 1.54) is 12.0 Å². The van der Waals surface area contributed by atoms with Crippen LogP contribution < -0.4 is 10.6 Å². The smallest absolute Gasteiger partial charge is 0.340 e. The number of carbonyl (C=O) groups is 3. The van der Waals surface area contributed by atoms with Gasteiger partial charge in [-0.05, 0) is 18.2 Å². The van der Waals surface area contributed by atoms with Gasteiger partial charge < -0.3 is 15.4 Å². The van der Waals surface area contributed by atoms with Crippen LogP contribution in [0, 0.1) is 5.92 Å². The van der Waals surface area contributed by atoms with Crippen molar-refractivity contribution in [3.05, 3.63) is 28.2 Å². The minimum atomic E-state index is -0.545. The number of nitrogens with two attached hydrogens (primary N) is 1. The van der Waals surface area contributed by atoms with Crippen LogP contribution in [0.2, 0.25) is 0 Å². The number of primary amides is 1. The highest BCUT2D eigenvalue weighted by molar-refractivity contribution is 9.10. The number of hydrogen-bond acceptors (Lipinski definition) is 4. The van der Waals surface area contributed by atoms with E-state index in [2.05, 4.69) is 15.9 Å². The van der Waals surface area contributed by atoms with E-state index in [1.54, 1.807) is 18.2 Å². The molecular formula is C13H13BrN2O4. The summed E-state index contributed by atoms with van der Waals surface area (Å²) < 4.78 is 5.41. The fourth-order valence-corrected chi connectivity index (χ4v) is 2.51. The third-order valence-corrected chi connectivity index (χ3v) is 3.68. The summed E-state index contributed by atoms with van der Waals surface area (Å²) in [6.07, 6.45) is 0.0615. The molecule has 106 valence electrons. The number of rotatable bonds is 3. The third-order valence-electron chi connectivity index (χ3n) is 3.18. The summed E-state index contributed by atoms with van der Waals surface area (Å²) in [6, 6.07) is 4.93. The number of methoxy groups -OCH3 is 1. The van der Waals surface area contributed by atoms with Gasteiger partial charge in [0, 0.05) is 17.4 Å². The first-order valence-electron chi connectivity index (χ1n) is 5.91. The van der Waals surface area contributed by atoms with E-state index in [-0.39, 0.29) is 24.4 Å². The van der Waals surface area contributed by atoms with Gasteiger partial charge in [-0.2, -0.15) is 0 Å². The molecule has 0 spiro atoms. The molecule has 0 aromatic heterocycles. The molecule has 1 unspecified atom stereocenters. The fraction of sp³-hybridized carbons (Fsp3) is 0.308. The molecule has 0 aliphatic carbocycles. The molecule has 0 radical (unpaired) electrons. The molecule has 2 amide bonds. The van der Waals surface area contributed by atoms with Crippen LogP contribution in [-0.4, -0.2) is 31.4 Å². The van der Waals surface area contributed by atoms with Gasteiger partial charge in [0.25, 0.3) is 0 Å². The van der Waals surface area contributed by atoms with Gasteiger partial charge in [-0.3, -0.25) is 9.59 Å². The second kappa shape index (κ2) is 5.62. The maximum atomic E-state index is 12.0. The molecule has 1 aromatic rings. The van der Waals surface area contributed by atoms with Crippen molar-refractivity contribution in [3.8, 4) is 0 Å². The fourth-order valence-electron chi connectivity index (χ4n) is 2.15. The zero-order valence-electron chi connectivity index (χ0n) is 10.8. The lowest BCUT2D eigenvalue weighted by molar-refractivity contribution is -0.123. The van der Waals surface area contributed by atoms with Crippen molar-refractivity contribution in [3.63, 3.8) is 0 Å². The Morgan fingerprint density at radius 2 is 2.15 bits per heavy atom. The largest absolute Gasteiger partial charge is 0.465 e. The van der Waals surface area contributed by atoms with Crippen molar-refractivity contribution in [2.24, 2.45) is 11.7 Å². The normalized spacial score (nSPS) is 18.2. The molecular weight excluding hydrogens is 328 g/mol. The van der Waals surface area contributed by atoms with Crippen LogP contribution in [0.15, 0.2) is 22.7 Å². The van der Waals surface area contributed by atoms with E-state index in [9.17, 15) is 14.4 Å². The lowest BCUT2D eigenvalue weighted by atomic mass is 10.1. The Labute approximate surface area is 124 Å². The minimum absolute atomic E-state index is 0.0615. The summed E-state index contributed by atoms with van der Waals surface area (Å²) in [5.41, 5.74) is 5.92. The zero-order chi connectivity index (χ0) is 14.9. The van der Waals surface area contributed by atoms with Gasteiger partial charge in [-0.25, -0.2) is 4.79 Å². The molecule has 1 atom stereocenters. The van der Waals surface area contributed by atoms with Crippen LogP contribution >= 0.6 is 15.9 Å².